The van der Waals surface area contributed by atoms with Gasteiger partial charge < -0.3 is 10.5 Å². The molecule has 0 aromatic heterocycles. The number of hydrogen-bond donors (Lipinski definition) is 1. The Morgan fingerprint density at radius 2 is 2.42 bits per heavy atom. The summed E-state index contributed by atoms with van der Waals surface area (Å²) in [4.78, 5) is 10.8. The molecule has 0 spiro atoms. The zero-order chi connectivity index (χ0) is 9.78. The van der Waals surface area contributed by atoms with Crippen molar-refractivity contribution in [2.75, 3.05) is 7.11 Å². The summed E-state index contributed by atoms with van der Waals surface area (Å²) in [6.45, 7) is 4.60. The number of esters is 1. The van der Waals surface area contributed by atoms with Crippen LogP contribution in [0.5, 0.6) is 0 Å². The van der Waals surface area contributed by atoms with E-state index in [0.29, 0.717) is 0 Å². The van der Waals surface area contributed by atoms with Crippen LogP contribution in [0, 0.1) is 0 Å². The molecule has 70 valence electrons. The van der Waals surface area contributed by atoms with Crippen molar-refractivity contribution in [2.45, 2.75) is 25.1 Å². The molecule has 0 aromatic rings. The van der Waals surface area contributed by atoms with E-state index in [9.17, 15) is 9.18 Å². The van der Waals surface area contributed by atoms with E-state index >= 15 is 0 Å². The molecule has 2 atom stereocenters. The maximum Gasteiger partial charge on any atom is 0.322 e. The molecule has 4 heteroatoms. The van der Waals surface area contributed by atoms with E-state index in [1.165, 1.54) is 14.0 Å². The van der Waals surface area contributed by atoms with E-state index in [4.69, 9.17) is 5.73 Å². The molecule has 0 aliphatic carbocycles. The van der Waals surface area contributed by atoms with Crippen LogP contribution in [0.4, 0.5) is 4.39 Å². The lowest BCUT2D eigenvalue weighted by Crippen LogP contribution is -2.37. The van der Waals surface area contributed by atoms with E-state index in [2.05, 4.69) is 11.3 Å². The topological polar surface area (TPSA) is 52.3 Å². The fraction of sp³-hybridized carbons (Fsp3) is 0.625. The van der Waals surface area contributed by atoms with Gasteiger partial charge in [0.1, 0.15) is 11.7 Å². The molecule has 0 aliphatic heterocycles. The minimum atomic E-state index is -1.62. The first-order valence-corrected chi connectivity index (χ1v) is 3.59. The Kier molecular flexibility index (Phi) is 3.89. The number of nitrogens with two attached hydrogens (primary N) is 1. The highest BCUT2D eigenvalue weighted by Gasteiger charge is 2.26. The first kappa shape index (κ1) is 11.1. The summed E-state index contributed by atoms with van der Waals surface area (Å²) >= 11 is 0. The van der Waals surface area contributed by atoms with Crippen molar-refractivity contribution in [1.29, 1.82) is 0 Å². The maximum absolute atomic E-state index is 13.2. The standard InChI is InChI=1S/C8H14FNO2/c1-4-8(2,9)5-6(10)7(11)12-3/h4,6H,1,5,10H2,2-3H3. The summed E-state index contributed by atoms with van der Waals surface area (Å²) in [5.41, 5.74) is 3.71. The third kappa shape index (κ3) is 3.48. The van der Waals surface area contributed by atoms with Crippen LogP contribution >= 0.6 is 0 Å². The second kappa shape index (κ2) is 4.21. The first-order chi connectivity index (χ1) is 5.43. The number of hydrogen-bond acceptors (Lipinski definition) is 3. The molecule has 0 bridgehead atoms. The lowest BCUT2D eigenvalue weighted by Gasteiger charge is -2.18. The van der Waals surface area contributed by atoms with Crippen LogP contribution in [0.3, 0.4) is 0 Å². The molecule has 0 aromatic carbocycles. The second-order valence-electron chi connectivity index (χ2n) is 2.82. The maximum atomic E-state index is 13.2. The number of ether oxygens (including phenoxy) is 1. The molecule has 2 N–H and O–H groups in total. The highest BCUT2D eigenvalue weighted by molar-refractivity contribution is 5.75. The van der Waals surface area contributed by atoms with Crippen LogP contribution in [-0.4, -0.2) is 24.8 Å². The third-order valence-corrected chi connectivity index (χ3v) is 1.55. The normalized spacial score (nSPS) is 17.7. The Bertz CT molecular complexity index is 180. The summed E-state index contributed by atoms with van der Waals surface area (Å²) < 4.78 is 17.5. The third-order valence-electron chi connectivity index (χ3n) is 1.55. The van der Waals surface area contributed by atoms with E-state index < -0.39 is 17.7 Å². The minimum Gasteiger partial charge on any atom is -0.468 e. The van der Waals surface area contributed by atoms with Crippen LogP contribution in [0.1, 0.15) is 13.3 Å². The number of methoxy groups -OCH3 is 1. The monoisotopic (exact) mass is 175 g/mol. The molecule has 0 radical (unpaired) electrons. The Morgan fingerprint density at radius 1 is 1.92 bits per heavy atom. The van der Waals surface area contributed by atoms with Crippen molar-refractivity contribution in [3.05, 3.63) is 12.7 Å². The molecular weight excluding hydrogens is 161 g/mol. The van der Waals surface area contributed by atoms with E-state index in [1.54, 1.807) is 0 Å². The number of carbonyl (C=O) groups excluding carboxylic acids is 1. The average Bonchev–Trinajstić information content (AvgIpc) is 2.02. The second-order valence-corrected chi connectivity index (χ2v) is 2.82. The zero-order valence-corrected chi connectivity index (χ0v) is 7.34. The Morgan fingerprint density at radius 3 is 2.75 bits per heavy atom. The summed E-state index contributed by atoms with van der Waals surface area (Å²) in [5, 5.41) is 0. The summed E-state index contributed by atoms with van der Waals surface area (Å²) in [7, 11) is 1.21. The van der Waals surface area contributed by atoms with Crippen molar-refractivity contribution in [3.63, 3.8) is 0 Å². The number of rotatable bonds is 4. The van der Waals surface area contributed by atoms with Crippen molar-refractivity contribution >= 4 is 5.97 Å². The van der Waals surface area contributed by atoms with Gasteiger partial charge in [0.15, 0.2) is 0 Å². The predicted octanol–water partition coefficient (Wildman–Crippen LogP) is 0.791. The van der Waals surface area contributed by atoms with Gasteiger partial charge in [0.2, 0.25) is 0 Å². The Labute approximate surface area is 71.4 Å². The van der Waals surface area contributed by atoms with E-state index in [0.717, 1.165) is 6.08 Å². The average molecular weight is 175 g/mol. The number of carbonyl (C=O) groups is 1. The Balaban J connectivity index is 4.08. The van der Waals surface area contributed by atoms with Gasteiger partial charge in [0.05, 0.1) is 7.11 Å². The van der Waals surface area contributed by atoms with Gasteiger partial charge in [-0.2, -0.15) is 0 Å². The molecule has 3 nitrogen and oxygen atoms in total. The van der Waals surface area contributed by atoms with Gasteiger partial charge in [-0.05, 0) is 6.92 Å². The zero-order valence-electron chi connectivity index (χ0n) is 7.34. The van der Waals surface area contributed by atoms with Crippen LogP contribution < -0.4 is 5.73 Å². The molecule has 0 saturated carbocycles. The molecule has 12 heavy (non-hydrogen) atoms. The number of allylic oxidation sites excluding steroid dienone is 1. The predicted molar refractivity (Wildman–Crippen MR) is 44.3 cm³/mol. The molecular formula is C8H14FNO2. The molecule has 0 saturated heterocycles. The summed E-state index contributed by atoms with van der Waals surface area (Å²) in [6, 6.07) is -0.928. The van der Waals surface area contributed by atoms with Crippen LogP contribution in [0.2, 0.25) is 0 Å². The quantitative estimate of drug-likeness (QED) is 0.507. The van der Waals surface area contributed by atoms with Gasteiger partial charge in [-0.25, -0.2) is 4.39 Å². The van der Waals surface area contributed by atoms with Gasteiger partial charge in [0, 0.05) is 6.42 Å². The SMILES string of the molecule is C=CC(C)(F)CC(N)C(=O)OC. The molecule has 0 fully saturated rings. The fourth-order valence-electron chi connectivity index (χ4n) is 0.748. The van der Waals surface area contributed by atoms with Crippen LogP contribution in [0.25, 0.3) is 0 Å². The lowest BCUT2D eigenvalue weighted by atomic mass is 9.99. The number of alkyl halides is 1. The molecule has 0 rings (SSSR count). The summed E-state index contributed by atoms with van der Waals surface area (Å²) in [5.74, 6) is -0.610. The molecule has 0 amide bonds. The van der Waals surface area contributed by atoms with E-state index in [1.807, 2.05) is 0 Å². The largest absolute Gasteiger partial charge is 0.468 e. The smallest absolute Gasteiger partial charge is 0.322 e. The minimum absolute atomic E-state index is 0.108. The summed E-state index contributed by atoms with van der Waals surface area (Å²) in [6.07, 6.45) is 1.01. The molecule has 0 heterocycles. The van der Waals surface area contributed by atoms with Gasteiger partial charge in [-0.1, -0.05) is 12.7 Å². The van der Waals surface area contributed by atoms with Crippen molar-refractivity contribution < 1.29 is 13.9 Å². The number of halogens is 1. The van der Waals surface area contributed by atoms with Crippen LogP contribution in [0.15, 0.2) is 12.7 Å². The first-order valence-electron chi connectivity index (χ1n) is 3.59. The lowest BCUT2D eigenvalue weighted by molar-refractivity contribution is -0.142. The Hall–Kier alpha value is -0.900. The van der Waals surface area contributed by atoms with Gasteiger partial charge in [-0.15, -0.1) is 0 Å². The van der Waals surface area contributed by atoms with Gasteiger partial charge in [-0.3, -0.25) is 4.79 Å². The van der Waals surface area contributed by atoms with Crippen molar-refractivity contribution in [1.82, 2.24) is 0 Å². The van der Waals surface area contributed by atoms with Gasteiger partial charge >= 0.3 is 5.97 Å². The van der Waals surface area contributed by atoms with Crippen LogP contribution in [-0.2, 0) is 9.53 Å². The van der Waals surface area contributed by atoms with Gasteiger partial charge in [0.25, 0.3) is 0 Å². The van der Waals surface area contributed by atoms with Crippen molar-refractivity contribution in [3.8, 4) is 0 Å². The van der Waals surface area contributed by atoms with Crippen molar-refractivity contribution in [2.24, 2.45) is 5.73 Å². The highest BCUT2D eigenvalue weighted by Crippen LogP contribution is 2.17. The van der Waals surface area contributed by atoms with E-state index in [-0.39, 0.29) is 6.42 Å². The fourth-order valence-corrected chi connectivity index (χ4v) is 0.748. The highest BCUT2D eigenvalue weighted by atomic mass is 19.1. The molecule has 0 aliphatic rings. The molecule has 2 unspecified atom stereocenters.